The number of nitrogens with zero attached hydrogens (tertiary/aromatic N) is 2. The monoisotopic (exact) mass is 393 g/mol. The maximum absolute atomic E-state index is 12.9. The van der Waals surface area contributed by atoms with Crippen LogP contribution in [0.2, 0.25) is 0 Å². The first-order valence-electron chi connectivity index (χ1n) is 7.38. The SMILES string of the molecule is NS(=O)(=O)c1ccc(OCc2coc(-c3ccc(F)cc3)n2)c([N+](=O)[O-])c1. The van der Waals surface area contributed by atoms with E-state index in [4.69, 9.17) is 14.3 Å². The molecule has 1 aromatic heterocycles. The van der Waals surface area contributed by atoms with Crippen LogP contribution in [0.5, 0.6) is 5.75 Å². The van der Waals surface area contributed by atoms with Crippen molar-refractivity contribution < 1.29 is 26.9 Å². The number of sulfonamides is 1. The van der Waals surface area contributed by atoms with E-state index in [0.29, 0.717) is 11.3 Å². The smallest absolute Gasteiger partial charge is 0.312 e. The average Bonchev–Trinajstić information content (AvgIpc) is 3.08. The third kappa shape index (κ3) is 4.27. The summed E-state index contributed by atoms with van der Waals surface area (Å²) in [6, 6.07) is 8.55. The summed E-state index contributed by atoms with van der Waals surface area (Å²) in [5, 5.41) is 16.1. The summed E-state index contributed by atoms with van der Waals surface area (Å²) in [4.78, 5) is 14.1. The van der Waals surface area contributed by atoms with Gasteiger partial charge in [0.25, 0.3) is 0 Å². The Kier molecular flexibility index (Phi) is 4.88. The maximum Gasteiger partial charge on any atom is 0.312 e. The van der Waals surface area contributed by atoms with E-state index in [-0.39, 0.29) is 18.2 Å². The van der Waals surface area contributed by atoms with Crippen LogP contribution < -0.4 is 9.88 Å². The third-order valence-electron chi connectivity index (χ3n) is 3.47. The van der Waals surface area contributed by atoms with Gasteiger partial charge >= 0.3 is 5.69 Å². The molecule has 0 saturated carbocycles. The summed E-state index contributed by atoms with van der Waals surface area (Å²) in [5.74, 6) is -0.324. The maximum atomic E-state index is 12.9. The number of nitrogens with two attached hydrogens (primary N) is 1. The van der Waals surface area contributed by atoms with Gasteiger partial charge in [-0.15, -0.1) is 0 Å². The number of oxazole rings is 1. The molecule has 0 amide bonds. The minimum atomic E-state index is -4.09. The quantitative estimate of drug-likeness (QED) is 0.501. The molecule has 0 aliphatic carbocycles. The Morgan fingerprint density at radius 2 is 1.93 bits per heavy atom. The van der Waals surface area contributed by atoms with Gasteiger partial charge in [-0.2, -0.15) is 0 Å². The van der Waals surface area contributed by atoms with Crippen molar-refractivity contribution in [3.8, 4) is 17.2 Å². The number of hydrogen-bond donors (Lipinski definition) is 1. The Labute approximate surface area is 152 Å². The van der Waals surface area contributed by atoms with Gasteiger partial charge in [-0.3, -0.25) is 10.1 Å². The van der Waals surface area contributed by atoms with Crippen molar-refractivity contribution in [2.45, 2.75) is 11.5 Å². The van der Waals surface area contributed by atoms with Crippen molar-refractivity contribution in [2.24, 2.45) is 5.14 Å². The molecule has 9 nitrogen and oxygen atoms in total. The minimum absolute atomic E-state index is 0.154. The second-order valence-corrected chi connectivity index (χ2v) is 6.93. The molecule has 11 heteroatoms. The van der Waals surface area contributed by atoms with Crippen LogP contribution in [0.1, 0.15) is 5.69 Å². The van der Waals surface area contributed by atoms with Crippen molar-refractivity contribution in [1.29, 1.82) is 0 Å². The van der Waals surface area contributed by atoms with Crippen LogP contribution in [0, 0.1) is 15.9 Å². The number of halogens is 1. The van der Waals surface area contributed by atoms with E-state index in [0.717, 1.165) is 18.2 Å². The third-order valence-corrected chi connectivity index (χ3v) is 4.39. The molecule has 1 heterocycles. The molecule has 0 unspecified atom stereocenters. The molecule has 140 valence electrons. The predicted octanol–water partition coefficient (Wildman–Crippen LogP) is 2.62. The predicted molar refractivity (Wildman–Crippen MR) is 90.7 cm³/mol. The topological polar surface area (TPSA) is 139 Å². The first kappa shape index (κ1) is 18.5. The van der Waals surface area contributed by atoms with Gasteiger partial charge < -0.3 is 9.15 Å². The molecular formula is C16H12FN3O6S. The highest BCUT2D eigenvalue weighted by molar-refractivity contribution is 7.89. The van der Waals surface area contributed by atoms with Crippen LogP contribution >= 0.6 is 0 Å². The molecule has 0 fully saturated rings. The van der Waals surface area contributed by atoms with Gasteiger partial charge in [-0.1, -0.05) is 0 Å². The summed E-state index contributed by atoms with van der Waals surface area (Å²) in [6.45, 7) is -0.166. The molecule has 2 aromatic carbocycles. The van der Waals surface area contributed by atoms with Gasteiger partial charge in [0.2, 0.25) is 15.9 Å². The van der Waals surface area contributed by atoms with E-state index in [1.54, 1.807) is 0 Å². The lowest BCUT2D eigenvalue weighted by Gasteiger charge is -2.06. The van der Waals surface area contributed by atoms with Gasteiger partial charge in [0.05, 0.1) is 9.82 Å². The zero-order chi connectivity index (χ0) is 19.6. The average molecular weight is 393 g/mol. The summed E-state index contributed by atoms with van der Waals surface area (Å²) in [5.41, 5.74) is 0.328. The Morgan fingerprint density at radius 3 is 2.56 bits per heavy atom. The van der Waals surface area contributed by atoms with E-state index >= 15 is 0 Å². The summed E-state index contributed by atoms with van der Waals surface area (Å²) in [6.07, 6.45) is 1.29. The van der Waals surface area contributed by atoms with Crippen LogP contribution in [-0.4, -0.2) is 18.3 Å². The largest absolute Gasteiger partial charge is 0.480 e. The second kappa shape index (κ2) is 7.13. The number of aromatic nitrogens is 1. The van der Waals surface area contributed by atoms with Gasteiger partial charge in [0.15, 0.2) is 5.75 Å². The molecule has 0 spiro atoms. The first-order valence-corrected chi connectivity index (χ1v) is 8.93. The number of nitro groups is 1. The fraction of sp³-hybridized carbons (Fsp3) is 0.0625. The lowest BCUT2D eigenvalue weighted by atomic mass is 10.2. The van der Waals surface area contributed by atoms with Gasteiger partial charge in [-0.25, -0.2) is 22.9 Å². The van der Waals surface area contributed by atoms with Crippen LogP contribution in [-0.2, 0) is 16.6 Å². The molecular weight excluding hydrogens is 381 g/mol. The van der Waals surface area contributed by atoms with Crippen LogP contribution in [0.15, 0.2) is 58.0 Å². The second-order valence-electron chi connectivity index (χ2n) is 5.37. The standard InChI is InChI=1S/C16H12FN3O6S/c17-11-3-1-10(2-4-11)16-19-12(9-26-16)8-25-15-6-5-13(27(18,23)24)7-14(15)20(21)22/h1-7,9H,8H2,(H2,18,23,24). The van der Waals surface area contributed by atoms with E-state index in [1.165, 1.54) is 30.5 Å². The van der Waals surface area contributed by atoms with E-state index < -0.39 is 31.3 Å². The van der Waals surface area contributed by atoms with Crippen LogP contribution in [0.3, 0.4) is 0 Å². The number of benzene rings is 2. The van der Waals surface area contributed by atoms with Crippen LogP contribution in [0.4, 0.5) is 10.1 Å². The number of hydrogen-bond acceptors (Lipinski definition) is 7. The summed E-state index contributed by atoms with van der Waals surface area (Å²) < 4.78 is 46.2. The molecule has 3 rings (SSSR count). The minimum Gasteiger partial charge on any atom is -0.480 e. The van der Waals surface area contributed by atoms with Crippen molar-refractivity contribution in [3.63, 3.8) is 0 Å². The molecule has 0 aliphatic rings. The Morgan fingerprint density at radius 1 is 1.22 bits per heavy atom. The molecule has 0 aliphatic heterocycles. The van der Waals surface area contributed by atoms with Crippen molar-refractivity contribution in [2.75, 3.05) is 0 Å². The molecule has 0 radical (unpaired) electrons. The van der Waals surface area contributed by atoms with Gasteiger partial charge in [0.1, 0.15) is 24.4 Å². The fourth-order valence-electron chi connectivity index (χ4n) is 2.19. The number of nitro benzene ring substituents is 1. The number of rotatable bonds is 6. The summed E-state index contributed by atoms with van der Waals surface area (Å²) in [7, 11) is -4.09. The zero-order valence-corrected chi connectivity index (χ0v) is 14.3. The number of primary sulfonamides is 1. The van der Waals surface area contributed by atoms with E-state index in [1.807, 2.05) is 0 Å². The lowest BCUT2D eigenvalue weighted by molar-refractivity contribution is -0.386. The van der Waals surface area contributed by atoms with E-state index in [9.17, 15) is 22.9 Å². The Bertz CT molecular complexity index is 1100. The number of ether oxygens (including phenoxy) is 1. The molecule has 2 N–H and O–H groups in total. The highest BCUT2D eigenvalue weighted by Crippen LogP contribution is 2.30. The first-order chi connectivity index (χ1) is 12.7. The fourth-order valence-corrected chi connectivity index (χ4v) is 2.72. The summed E-state index contributed by atoms with van der Waals surface area (Å²) >= 11 is 0. The lowest BCUT2D eigenvalue weighted by Crippen LogP contribution is -2.12. The molecule has 0 bridgehead atoms. The molecule has 27 heavy (non-hydrogen) atoms. The van der Waals surface area contributed by atoms with Gasteiger partial charge in [0, 0.05) is 11.6 Å². The van der Waals surface area contributed by atoms with Crippen molar-refractivity contribution in [3.05, 3.63) is 70.4 Å². The normalized spacial score (nSPS) is 11.3. The van der Waals surface area contributed by atoms with Crippen molar-refractivity contribution >= 4 is 15.7 Å². The highest BCUT2D eigenvalue weighted by Gasteiger charge is 2.20. The van der Waals surface area contributed by atoms with Gasteiger partial charge in [-0.05, 0) is 36.4 Å². The molecule has 0 saturated heterocycles. The molecule has 3 aromatic rings. The molecule has 0 atom stereocenters. The van der Waals surface area contributed by atoms with Crippen molar-refractivity contribution in [1.82, 2.24) is 4.98 Å². The van der Waals surface area contributed by atoms with E-state index in [2.05, 4.69) is 4.98 Å². The Hall–Kier alpha value is -3.31. The van der Waals surface area contributed by atoms with Crippen LogP contribution in [0.25, 0.3) is 11.5 Å². The highest BCUT2D eigenvalue weighted by atomic mass is 32.2. The Balaban J connectivity index is 1.79. The zero-order valence-electron chi connectivity index (χ0n) is 13.5.